The fraction of sp³-hybridized carbons (Fsp3) is 0.333. The van der Waals surface area contributed by atoms with Crippen molar-refractivity contribution in [3.63, 3.8) is 0 Å². The zero-order chi connectivity index (χ0) is 16.1. The van der Waals surface area contributed by atoms with E-state index in [9.17, 15) is 8.42 Å². The van der Waals surface area contributed by atoms with Crippen molar-refractivity contribution in [3.8, 4) is 11.5 Å². The van der Waals surface area contributed by atoms with Crippen LogP contribution in [0.1, 0.15) is 18.4 Å². The minimum absolute atomic E-state index is 0.0319. The largest absolute Gasteiger partial charge is 0.457 e. The summed E-state index contributed by atoms with van der Waals surface area (Å²) in [6.45, 7) is 0.661. The molecule has 3 rings (SSSR count). The number of para-hydroxylation sites is 2. The van der Waals surface area contributed by atoms with Gasteiger partial charge in [-0.1, -0.05) is 36.4 Å². The molecular formula is C18H20O4S. The Hall–Kier alpha value is -1.85. The summed E-state index contributed by atoms with van der Waals surface area (Å²) in [4.78, 5) is 0. The second-order valence-electron chi connectivity index (χ2n) is 5.71. The smallest absolute Gasteiger partial charge is 0.157 e. The summed E-state index contributed by atoms with van der Waals surface area (Å²) in [5.41, 5.74) is 0.675. The van der Waals surface area contributed by atoms with Crippen molar-refractivity contribution in [2.75, 3.05) is 12.4 Å². The van der Waals surface area contributed by atoms with Crippen LogP contribution in [0.25, 0.3) is 0 Å². The summed E-state index contributed by atoms with van der Waals surface area (Å²) in [6.07, 6.45) is 1.59. The van der Waals surface area contributed by atoms with Gasteiger partial charge in [-0.3, -0.25) is 0 Å². The number of sulfone groups is 1. The van der Waals surface area contributed by atoms with Crippen molar-refractivity contribution in [3.05, 3.63) is 60.2 Å². The van der Waals surface area contributed by atoms with Crippen molar-refractivity contribution < 1.29 is 17.9 Å². The van der Waals surface area contributed by atoms with Gasteiger partial charge < -0.3 is 9.47 Å². The molecule has 1 atom stereocenters. The van der Waals surface area contributed by atoms with Crippen LogP contribution in [-0.4, -0.2) is 26.9 Å². The zero-order valence-corrected chi connectivity index (χ0v) is 13.7. The molecule has 0 amide bonds. The fourth-order valence-corrected chi connectivity index (χ4v) is 4.35. The molecule has 0 radical (unpaired) electrons. The molecule has 1 heterocycles. The lowest BCUT2D eigenvalue weighted by molar-refractivity contribution is 0.127. The van der Waals surface area contributed by atoms with Crippen molar-refractivity contribution >= 4 is 9.84 Å². The first-order chi connectivity index (χ1) is 11.1. The Morgan fingerprint density at radius 2 is 1.78 bits per heavy atom. The average Bonchev–Trinajstić information content (AvgIpc) is 3.02. The highest BCUT2D eigenvalue weighted by atomic mass is 32.2. The molecule has 0 bridgehead atoms. The van der Waals surface area contributed by atoms with Gasteiger partial charge in [0.2, 0.25) is 0 Å². The van der Waals surface area contributed by atoms with Crippen LogP contribution in [0.5, 0.6) is 11.5 Å². The molecule has 1 fully saturated rings. The summed E-state index contributed by atoms with van der Waals surface area (Å²) < 4.78 is 36.1. The van der Waals surface area contributed by atoms with Gasteiger partial charge in [-0.25, -0.2) is 8.42 Å². The van der Waals surface area contributed by atoms with E-state index in [1.54, 1.807) is 12.1 Å². The molecule has 0 aromatic heterocycles. The van der Waals surface area contributed by atoms with Gasteiger partial charge >= 0.3 is 0 Å². The molecule has 2 aromatic carbocycles. The van der Waals surface area contributed by atoms with Crippen LogP contribution >= 0.6 is 0 Å². The first kappa shape index (κ1) is 16.0. The van der Waals surface area contributed by atoms with Crippen LogP contribution in [-0.2, 0) is 20.3 Å². The van der Waals surface area contributed by atoms with E-state index >= 15 is 0 Å². The quantitative estimate of drug-likeness (QED) is 0.811. The van der Waals surface area contributed by atoms with Gasteiger partial charge in [0.1, 0.15) is 11.5 Å². The molecule has 1 aliphatic heterocycles. The normalized spacial score (nSPS) is 18.0. The molecule has 0 spiro atoms. The second kappa shape index (κ2) is 7.15. The molecule has 1 saturated heterocycles. The summed E-state index contributed by atoms with van der Waals surface area (Å²) in [5, 5.41) is 0. The van der Waals surface area contributed by atoms with E-state index < -0.39 is 9.84 Å². The van der Waals surface area contributed by atoms with Gasteiger partial charge in [-0.2, -0.15) is 0 Å². The predicted molar refractivity (Wildman–Crippen MR) is 89.4 cm³/mol. The third-order valence-electron chi connectivity index (χ3n) is 3.78. The van der Waals surface area contributed by atoms with Crippen molar-refractivity contribution in [2.24, 2.45) is 0 Å². The molecule has 5 heteroatoms. The van der Waals surface area contributed by atoms with Crippen LogP contribution < -0.4 is 4.74 Å². The molecule has 23 heavy (non-hydrogen) atoms. The molecule has 0 saturated carbocycles. The van der Waals surface area contributed by atoms with E-state index in [1.165, 1.54) is 0 Å². The Bertz CT molecular complexity index is 735. The first-order valence-corrected chi connectivity index (χ1v) is 9.57. The third-order valence-corrected chi connectivity index (χ3v) is 5.41. The molecule has 0 N–H and O–H groups in total. The zero-order valence-electron chi connectivity index (χ0n) is 12.9. The number of ether oxygens (including phenoxy) is 2. The Morgan fingerprint density at radius 3 is 2.52 bits per heavy atom. The van der Waals surface area contributed by atoms with Crippen molar-refractivity contribution in [1.29, 1.82) is 0 Å². The third kappa shape index (κ3) is 4.56. The second-order valence-corrected chi connectivity index (χ2v) is 7.82. The fourth-order valence-electron chi connectivity index (χ4n) is 2.69. The molecular weight excluding hydrogens is 312 g/mol. The molecule has 4 nitrogen and oxygen atoms in total. The van der Waals surface area contributed by atoms with Crippen molar-refractivity contribution in [2.45, 2.75) is 24.7 Å². The Balaban J connectivity index is 1.74. The highest BCUT2D eigenvalue weighted by Gasteiger charge is 2.24. The van der Waals surface area contributed by atoms with E-state index in [1.807, 2.05) is 42.5 Å². The van der Waals surface area contributed by atoms with Crippen LogP contribution in [0.2, 0.25) is 0 Å². The molecule has 1 aliphatic rings. The topological polar surface area (TPSA) is 52.6 Å². The lowest BCUT2D eigenvalue weighted by Crippen LogP contribution is -2.21. The van der Waals surface area contributed by atoms with Crippen LogP contribution in [0.15, 0.2) is 54.6 Å². The lowest BCUT2D eigenvalue weighted by Gasteiger charge is -2.13. The van der Waals surface area contributed by atoms with Gasteiger partial charge in [-0.05, 0) is 31.0 Å². The monoisotopic (exact) mass is 332 g/mol. The summed E-state index contributed by atoms with van der Waals surface area (Å²) in [6, 6.07) is 16.6. The van der Waals surface area contributed by atoms with Crippen LogP contribution in [0, 0.1) is 0 Å². The summed E-state index contributed by atoms with van der Waals surface area (Å²) in [7, 11) is -3.24. The molecule has 122 valence electrons. The SMILES string of the molecule is O=S(=O)(Cc1ccccc1Oc1ccccc1)C[C@H]1CCCO1. The highest BCUT2D eigenvalue weighted by molar-refractivity contribution is 7.90. The van der Waals surface area contributed by atoms with E-state index in [2.05, 4.69) is 0 Å². The number of hydrogen-bond acceptors (Lipinski definition) is 4. The minimum atomic E-state index is -3.24. The number of benzene rings is 2. The van der Waals surface area contributed by atoms with E-state index in [-0.39, 0.29) is 17.6 Å². The van der Waals surface area contributed by atoms with Gasteiger partial charge in [0, 0.05) is 12.2 Å². The highest BCUT2D eigenvalue weighted by Crippen LogP contribution is 2.27. The Labute approximate surface area is 137 Å². The van der Waals surface area contributed by atoms with Gasteiger partial charge in [-0.15, -0.1) is 0 Å². The van der Waals surface area contributed by atoms with Gasteiger partial charge in [0.15, 0.2) is 9.84 Å². The van der Waals surface area contributed by atoms with Gasteiger partial charge in [0.25, 0.3) is 0 Å². The lowest BCUT2D eigenvalue weighted by atomic mass is 10.2. The number of hydrogen-bond donors (Lipinski definition) is 0. The van der Waals surface area contributed by atoms with E-state index in [0.717, 1.165) is 12.8 Å². The Kier molecular flexibility index (Phi) is 4.98. The summed E-state index contributed by atoms with van der Waals surface area (Å²) >= 11 is 0. The first-order valence-electron chi connectivity index (χ1n) is 7.75. The van der Waals surface area contributed by atoms with Crippen LogP contribution in [0.3, 0.4) is 0 Å². The van der Waals surface area contributed by atoms with Crippen molar-refractivity contribution in [1.82, 2.24) is 0 Å². The van der Waals surface area contributed by atoms with E-state index in [4.69, 9.17) is 9.47 Å². The van der Waals surface area contributed by atoms with Gasteiger partial charge in [0.05, 0.1) is 17.6 Å². The molecule has 0 aliphatic carbocycles. The maximum absolute atomic E-state index is 12.4. The Morgan fingerprint density at radius 1 is 1.04 bits per heavy atom. The predicted octanol–water partition coefficient (Wildman–Crippen LogP) is 3.57. The van der Waals surface area contributed by atoms with Crippen LogP contribution in [0.4, 0.5) is 0 Å². The summed E-state index contributed by atoms with van der Waals surface area (Å²) in [5.74, 6) is 1.31. The maximum atomic E-state index is 12.4. The van der Waals surface area contributed by atoms with E-state index in [0.29, 0.717) is 23.7 Å². The maximum Gasteiger partial charge on any atom is 0.157 e. The average molecular weight is 332 g/mol. The minimum Gasteiger partial charge on any atom is -0.457 e. The number of rotatable bonds is 6. The molecule has 2 aromatic rings. The molecule has 0 unspecified atom stereocenters. The standard InChI is InChI=1S/C18H20O4S/c19-23(20,14-17-10-6-12-21-17)13-15-7-4-5-11-18(15)22-16-8-2-1-3-9-16/h1-5,7-9,11,17H,6,10,12-14H2/t17-/m1/s1.